The number of carbonyl (C=O) groups excluding carboxylic acids is 1. The van der Waals surface area contributed by atoms with E-state index in [2.05, 4.69) is 10.3 Å². The van der Waals surface area contributed by atoms with E-state index in [-0.39, 0.29) is 24.2 Å². The fraction of sp³-hybridized carbons (Fsp3) is 0.294. The molecule has 120 valence electrons. The van der Waals surface area contributed by atoms with Gasteiger partial charge in [-0.05, 0) is 23.8 Å². The quantitative estimate of drug-likeness (QED) is 0.921. The number of pyridine rings is 1. The molecule has 0 spiro atoms. The van der Waals surface area contributed by atoms with Crippen LogP contribution in [0, 0.1) is 5.82 Å². The molecule has 1 saturated heterocycles. The third-order valence-electron chi connectivity index (χ3n) is 3.45. The molecule has 0 saturated carbocycles. The van der Waals surface area contributed by atoms with Crippen LogP contribution in [0.25, 0.3) is 0 Å². The van der Waals surface area contributed by atoms with E-state index in [0.717, 1.165) is 6.42 Å². The number of hydrogen-bond donors (Lipinski definition) is 1. The second-order valence-electron chi connectivity index (χ2n) is 5.34. The zero-order chi connectivity index (χ0) is 16.1. The van der Waals surface area contributed by atoms with Crippen LogP contribution < -0.4 is 10.1 Å². The molecule has 1 aromatic heterocycles. The summed E-state index contributed by atoms with van der Waals surface area (Å²) in [7, 11) is 0. The monoisotopic (exact) mass is 316 g/mol. The summed E-state index contributed by atoms with van der Waals surface area (Å²) in [6.45, 7) is 1.24. The number of ether oxygens (including phenoxy) is 2. The predicted molar refractivity (Wildman–Crippen MR) is 82.8 cm³/mol. The molecule has 1 atom stereocenters. The molecule has 1 aliphatic rings. The molecule has 1 N–H and O–H groups in total. The fourth-order valence-electron chi connectivity index (χ4n) is 2.37. The zero-order valence-electron chi connectivity index (χ0n) is 12.5. The lowest BCUT2D eigenvalue weighted by molar-refractivity contribution is -0.115. The standard InChI is InChI=1S/C17H17FN2O3/c18-13-3-1-2-12(8-13)9-16(21)20-14-4-6-19-17(10-14)23-15-5-7-22-11-15/h1-4,6,8,10,15H,5,7,9,11H2,(H,19,20,21)/t15-/m1/s1. The van der Waals surface area contributed by atoms with Crippen molar-refractivity contribution in [2.75, 3.05) is 18.5 Å². The first-order valence-electron chi connectivity index (χ1n) is 7.44. The van der Waals surface area contributed by atoms with Gasteiger partial charge in [0.25, 0.3) is 0 Å². The van der Waals surface area contributed by atoms with Crippen LogP contribution in [0.5, 0.6) is 5.88 Å². The molecular formula is C17H17FN2O3. The summed E-state index contributed by atoms with van der Waals surface area (Å²) in [6.07, 6.45) is 2.51. The predicted octanol–water partition coefficient (Wildman–Crippen LogP) is 2.57. The third kappa shape index (κ3) is 4.50. The first-order chi connectivity index (χ1) is 11.2. The van der Waals surface area contributed by atoms with Gasteiger partial charge in [0.2, 0.25) is 11.8 Å². The van der Waals surface area contributed by atoms with Crippen LogP contribution in [0.4, 0.5) is 10.1 Å². The molecule has 3 rings (SSSR count). The molecular weight excluding hydrogens is 299 g/mol. The highest BCUT2D eigenvalue weighted by molar-refractivity contribution is 5.92. The molecule has 1 fully saturated rings. The van der Waals surface area contributed by atoms with E-state index in [0.29, 0.717) is 30.3 Å². The lowest BCUT2D eigenvalue weighted by Gasteiger charge is -2.12. The Kier molecular flexibility index (Phi) is 4.83. The molecule has 5 nitrogen and oxygen atoms in total. The highest BCUT2D eigenvalue weighted by Crippen LogP contribution is 2.18. The lowest BCUT2D eigenvalue weighted by atomic mass is 10.1. The van der Waals surface area contributed by atoms with Crippen molar-refractivity contribution in [3.05, 3.63) is 54.0 Å². The minimum absolute atomic E-state index is 0.000690. The van der Waals surface area contributed by atoms with Crippen LogP contribution in [-0.4, -0.2) is 30.2 Å². The van der Waals surface area contributed by atoms with Crippen molar-refractivity contribution < 1.29 is 18.7 Å². The number of carbonyl (C=O) groups is 1. The van der Waals surface area contributed by atoms with Crippen LogP contribution >= 0.6 is 0 Å². The molecule has 1 amide bonds. The summed E-state index contributed by atoms with van der Waals surface area (Å²) in [5, 5.41) is 2.76. The van der Waals surface area contributed by atoms with Gasteiger partial charge in [0, 0.05) is 24.4 Å². The van der Waals surface area contributed by atoms with Crippen molar-refractivity contribution in [1.82, 2.24) is 4.98 Å². The summed E-state index contributed by atoms with van der Waals surface area (Å²) in [5.74, 6) is -0.130. The van der Waals surface area contributed by atoms with Gasteiger partial charge in [0.15, 0.2) is 0 Å². The number of hydrogen-bond acceptors (Lipinski definition) is 4. The first kappa shape index (κ1) is 15.4. The highest BCUT2D eigenvalue weighted by atomic mass is 19.1. The highest BCUT2D eigenvalue weighted by Gasteiger charge is 2.17. The van der Waals surface area contributed by atoms with Crippen LogP contribution in [0.1, 0.15) is 12.0 Å². The topological polar surface area (TPSA) is 60.5 Å². The van der Waals surface area contributed by atoms with Gasteiger partial charge in [0.1, 0.15) is 11.9 Å². The Morgan fingerprint density at radius 1 is 1.39 bits per heavy atom. The van der Waals surface area contributed by atoms with Crippen molar-refractivity contribution >= 4 is 11.6 Å². The number of rotatable bonds is 5. The largest absolute Gasteiger partial charge is 0.472 e. The molecule has 1 aromatic carbocycles. The van der Waals surface area contributed by atoms with Crippen molar-refractivity contribution in [2.24, 2.45) is 0 Å². The van der Waals surface area contributed by atoms with E-state index in [9.17, 15) is 9.18 Å². The summed E-state index contributed by atoms with van der Waals surface area (Å²) >= 11 is 0. The van der Waals surface area contributed by atoms with Gasteiger partial charge in [-0.3, -0.25) is 4.79 Å². The smallest absolute Gasteiger partial charge is 0.228 e. The molecule has 23 heavy (non-hydrogen) atoms. The number of aromatic nitrogens is 1. The van der Waals surface area contributed by atoms with E-state index in [1.165, 1.54) is 12.1 Å². The maximum absolute atomic E-state index is 13.1. The summed E-state index contributed by atoms with van der Waals surface area (Å²) in [6, 6.07) is 9.34. The molecule has 2 heterocycles. The summed E-state index contributed by atoms with van der Waals surface area (Å²) in [4.78, 5) is 16.2. The van der Waals surface area contributed by atoms with Crippen molar-refractivity contribution in [2.45, 2.75) is 18.9 Å². The van der Waals surface area contributed by atoms with Crippen molar-refractivity contribution in [3.63, 3.8) is 0 Å². The Labute approximate surface area is 133 Å². The van der Waals surface area contributed by atoms with Gasteiger partial charge in [0.05, 0.1) is 19.6 Å². The summed E-state index contributed by atoms with van der Waals surface area (Å²) in [5.41, 5.74) is 1.21. The maximum atomic E-state index is 13.1. The lowest BCUT2D eigenvalue weighted by Crippen LogP contribution is -2.17. The second-order valence-corrected chi connectivity index (χ2v) is 5.34. The van der Waals surface area contributed by atoms with Crippen molar-refractivity contribution in [1.29, 1.82) is 0 Å². The Balaban J connectivity index is 1.59. The Hall–Kier alpha value is -2.47. The van der Waals surface area contributed by atoms with E-state index >= 15 is 0 Å². The number of nitrogens with zero attached hydrogens (tertiary/aromatic N) is 1. The number of benzene rings is 1. The Bertz CT molecular complexity index is 687. The Morgan fingerprint density at radius 3 is 3.09 bits per heavy atom. The van der Waals surface area contributed by atoms with Crippen LogP contribution in [-0.2, 0) is 16.0 Å². The zero-order valence-corrected chi connectivity index (χ0v) is 12.5. The fourth-order valence-corrected chi connectivity index (χ4v) is 2.37. The minimum atomic E-state index is -0.353. The molecule has 0 bridgehead atoms. The number of anilines is 1. The Morgan fingerprint density at radius 2 is 2.30 bits per heavy atom. The number of nitrogens with one attached hydrogen (secondary N) is 1. The third-order valence-corrected chi connectivity index (χ3v) is 3.45. The molecule has 2 aromatic rings. The second kappa shape index (κ2) is 7.19. The maximum Gasteiger partial charge on any atom is 0.228 e. The van der Waals surface area contributed by atoms with Gasteiger partial charge in [-0.2, -0.15) is 0 Å². The first-order valence-corrected chi connectivity index (χ1v) is 7.44. The average Bonchev–Trinajstić information content (AvgIpc) is 3.00. The molecule has 0 radical (unpaired) electrons. The molecule has 0 aliphatic carbocycles. The summed E-state index contributed by atoms with van der Waals surface area (Å²) < 4.78 is 24.1. The minimum Gasteiger partial charge on any atom is -0.472 e. The SMILES string of the molecule is O=C(Cc1cccc(F)c1)Nc1ccnc(O[C@@H]2CCOC2)c1. The van der Waals surface area contributed by atoms with E-state index < -0.39 is 0 Å². The van der Waals surface area contributed by atoms with Gasteiger partial charge in [-0.25, -0.2) is 9.37 Å². The van der Waals surface area contributed by atoms with E-state index in [1.807, 2.05) is 0 Å². The van der Waals surface area contributed by atoms with Crippen LogP contribution in [0.3, 0.4) is 0 Å². The average molecular weight is 316 g/mol. The van der Waals surface area contributed by atoms with E-state index in [4.69, 9.17) is 9.47 Å². The van der Waals surface area contributed by atoms with E-state index in [1.54, 1.807) is 30.5 Å². The van der Waals surface area contributed by atoms with Crippen LogP contribution in [0.15, 0.2) is 42.6 Å². The normalized spacial score (nSPS) is 17.0. The van der Waals surface area contributed by atoms with Gasteiger partial charge >= 0.3 is 0 Å². The molecule has 6 heteroatoms. The number of halogens is 1. The van der Waals surface area contributed by atoms with Crippen LogP contribution in [0.2, 0.25) is 0 Å². The van der Waals surface area contributed by atoms with Gasteiger partial charge in [-0.1, -0.05) is 12.1 Å². The molecule has 0 unspecified atom stereocenters. The van der Waals surface area contributed by atoms with Crippen molar-refractivity contribution in [3.8, 4) is 5.88 Å². The van der Waals surface area contributed by atoms with Gasteiger partial charge in [-0.15, -0.1) is 0 Å². The van der Waals surface area contributed by atoms with Gasteiger partial charge < -0.3 is 14.8 Å². The molecule has 1 aliphatic heterocycles. The number of amides is 1.